The van der Waals surface area contributed by atoms with Crippen molar-refractivity contribution >= 4 is 21.8 Å². The van der Waals surface area contributed by atoms with Gasteiger partial charge in [-0.3, -0.25) is 14.5 Å². The van der Waals surface area contributed by atoms with Crippen molar-refractivity contribution in [2.45, 2.75) is 56.0 Å². The molecule has 0 aliphatic carbocycles. The molecule has 7 heteroatoms. The van der Waals surface area contributed by atoms with Crippen molar-refractivity contribution in [1.29, 1.82) is 0 Å². The van der Waals surface area contributed by atoms with Crippen molar-refractivity contribution in [3.8, 4) is 0 Å². The third kappa shape index (κ3) is 4.12. The highest BCUT2D eigenvalue weighted by molar-refractivity contribution is 7.90. The van der Waals surface area contributed by atoms with Crippen molar-refractivity contribution < 1.29 is 13.2 Å². The molecule has 2 aromatic carbocycles. The fourth-order valence-electron chi connectivity index (χ4n) is 4.05. The van der Waals surface area contributed by atoms with Gasteiger partial charge >= 0.3 is 0 Å². The van der Waals surface area contributed by atoms with Gasteiger partial charge in [0, 0.05) is 18.2 Å². The standard InChI is InChI=1S/C23H27N3O3S/c1-2-3-12-20(24-22-19-11-7-8-13-21(19)30(28,29)25-22)23(27)26-15-14-18(26)16-17-9-5-4-6-10-17/h4-11,13,18,20H,2-3,12,14-16H2,1H3,(H,24,25)/t18-,20-/m0/s1. The highest BCUT2D eigenvalue weighted by Crippen LogP contribution is 2.26. The summed E-state index contributed by atoms with van der Waals surface area (Å²) in [4.78, 5) is 20.1. The molecule has 2 heterocycles. The molecule has 0 radical (unpaired) electrons. The number of carbonyl (C=O) groups is 1. The highest BCUT2D eigenvalue weighted by Gasteiger charge is 2.37. The number of sulfonamides is 1. The summed E-state index contributed by atoms with van der Waals surface area (Å²) in [5.41, 5.74) is 1.75. The minimum atomic E-state index is -3.62. The molecule has 2 aromatic rings. The summed E-state index contributed by atoms with van der Waals surface area (Å²) in [5.74, 6) is 0.270. The van der Waals surface area contributed by atoms with Gasteiger partial charge < -0.3 is 4.90 Å². The lowest BCUT2D eigenvalue weighted by Crippen LogP contribution is -2.55. The third-order valence-electron chi connectivity index (χ3n) is 5.81. The van der Waals surface area contributed by atoms with Gasteiger partial charge in [-0.2, -0.15) is 0 Å². The van der Waals surface area contributed by atoms with Crippen LogP contribution in [0.4, 0.5) is 0 Å². The molecule has 1 fully saturated rings. The number of hydrogen-bond donors (Lipinski definition) is 1. The number of benzene rings is 2. The van der Waals surface area contributed by atoms with E-state index < -0.39 is 16.1 Å². The number of aliphatic imine (C=N–C) groups is 1. The Kier molecular flexibility index (Phi) is 5.90. The number of likely N-dealkylation sites (tertiary alicyclic amines) is 1. The van der Waals surface area contributed by atoms with Crippen molar-refractivity contribution in [3.05, 3.63) is 65.7 Å². The maximum absolute atomic E-state index is 13.3. The number of amides is 1. The van der Waals surface area contributed by atoms with E-state index in [1.807, 2.05) is 23.1 Å². The Hall–Kier alpha value is -2.67. The molecule has 1 N–H and O–H groups in total. The molecule has 4 rings (SSSR count). The van der Waals surface area contributed by atoms with E-state index in [4.69, 9.17) is 0 Å². The lowest BCUT2D eigenvalue weighted by Gasteiger charge is -2.42. The normalized spacial score (nSPS) is 21.6. The minimum absolute atomic E-state index is 0.00768. The Morgan fingerprint density at radius 1 is 1.17 bits per heavy atom. The summed E-state index contributed by atoms with van der Waals surface area (Å²) in [6, 6.07) is 16.6. The molecule has 0 unspecified atom stereocenters. The number of nitrogens with one attached hydrogen (secondary N) is 1. The van der Waals surface area contributed by atoms with Crippen LogP contribution in [0, 0.1) is 0 Å². The second kappa shape index (κ2) is 8.60. The second-order valence-electron chi connectivity index (χ2n) is 7.90. The van der Waals surface area contributed by atoms with Crippen LogP contribution in [0.15, 0.2) is 64.5 Å². The minimum Gasteiger partial charge on any atom is -0.337 e. The van der Waals surface area contributed by atoms with E-state index in [1.54, 1.807) is 24.3 Å². The summed E-state index contributed by atoms with van der Waals surface area (Å²) >= 11 is 0. The molecule has 2 atom stereocenters. The Bertz CT molecular complexity index is 1050. The van der Waals surface area contributed by atoms with Gasteiger partial charge in [0.2, 0.25) is 5.91 Å². The van der Waals surface area contributed by atoms with Gasteiger partial charge in [0.25, 0.3) is 10.0 Å². The van der Waals surface area contributed by atoms with E-state index in [0.717, 1.165) is 32.2 Å². The summed E-state index contributed by atoms with van der Waals surface area (Å²) in [7, 11) is -3.62. The largest absolute Gasteiger partial charge is 0.337 e. The first-order valence-corrected chi connectivity index (χ1v) is 12.0. The first kappa shape index (κ1) is 20.6. The van der Waals surface area contributed by atoms with Gasteiger partial charge in [-0.05, 0) is 37.0 Å². The van der Waals surface area contributed by atoms with Gasteiger partial charge in [0.05, 0.1) is 4.90 Å². The number of rotatable bonds is 7. The average molecular weight is 426 g/mol. The van der Waals surface area contributed by atoms with Gasteiger partial charge in [-0.25, -0.2) is 8.42 Å². The average Bonchev–Trinajstić information content (AvgIpc) is 2.99. The first-order valence-electron chi connectivity index (χ1n) is 10.5. The molecular formula is C23H27N3O3S. The number of amidine groups is 1. The first-order chi connectivity index (χ1) is 14.5. The second-order valence-corrected chi connectivity index (χ2v) is 9.55. The van der Waals surface area contributed by atoms with Crippen molar-refractivity contribution in [2.24, 2.45) is 4.99 Å². The summed E-state index contributed by atoms with van der Waals surface area (Å²) in [6.07, 6.45) is 4.23. The van der Waals surface area contributed by atoms with E-state index in [0.29, 0.717) is 12.0 Å². The quantitative estimate of drug-likeness (QED) is 0.740. The highest BCUT2D eigenvalue weighted by atomic mass is 32.2. The van der Waals surface area contributed by atoms with Gasteiger partial charge in [-0.1, -0.05) is 62.2 Å². The van der Waals surface area contributed by atoms with Gasteiger partial charge in [-0.15, -0.1) is 0 Å². The molecule has 0 spiro atoms. The Morgan fingerprint density at radius 3 is 2.60 bits per heavy atom. The van der Waals surface area contributed by atoms with E-state index in [-0.39, 0.29) is 22.7 Å². The molecule has 2 aliphatic rings. The molecule has 30 heavy (non-hydrogen) atoms. The monoisotopic (exact) mass is 425 g/mol. The van der Waals surface area contributed by atoms with Crippen LogP contribution < -0.4 is 4.72 Å². The lowest BCUT2D eigenvalue weighted by atomic mass is 9.93. The summed E-state index contributed by atoms with van der Waals surface area (Å²) in [5, 5.41) is 0. The zero-order valence-corrected chi connectivity index (χ0v) is 17.9. The topological polar surface area (TPSA) is 78.8 Å². The zero-order chi connectivity index (χ0) is 21.1. The van der Waals surface area contributed by atoms with Crippen LogP contribution >= 0.6 is 0 Å². The number of hydrogen-bond acceptors (Lipinski definition) is 4. The SMILES string of the molecule is CCCC[C@H](N=C1NS(=O)(=O)c2ccccc21)C(=O)N1CC[C@H]1Cc1ccccc1. The van der Waals surface area contributed by atoms with Crippen molar-refractivity contribution in [1.82, 2.24) is 9.62 Å². The molecular weight excluding hydrogens is 398 g/mol. The van der Waals surface area contributed by atoms with Gasteiger partial charge in [0.1, 0.15) is 11.9 Å². The van der Waals surface area contributed by atoms with E-state index >= 15 is 0 Å². The number of carbonyl (C=O) groups excluding carboxylic acids is 1. The third-order valence-corrected chi connectivity index (χ3v) is 7.20. The summed E-state index contributed by atoms with van der Waals surface area (Å²) < 4.78 is 27.3. The van der Waals surface area contributed by atoms with Crippen LogP contribution in [0.3, 0.4) is 0 Å². The van der Waals surface area contributed by atoms with Crippen LogP contribution in [0.5, 0.6) is 0 Å². The van der Waals surface area contributed by atoms with E-state index in [9.17, 15) is 13.2 Å². The van der Waals surface area contributed by atoms with Crippen LogP contribution in [0.1, 0.15) is 43.7 Å². The molecule has 0 saturated carbocycles. The number of fused-ring (bicyclic) bond motifs is 1. The predicted molar refractivity (Wildman–Crippen MR) is 117 cm³/mol. The molecule has 1 saturated heterocycles. The predicted octanol–water partition coefficient (Wildman–Crippen LogP) is 3.13. The van der Waals surface area contributed by atoms with Gasteiger partial charge in [0.15, 0.2) is 0 Å². The number of nitrogens with zero attached hydrogens (tertiary/aromatic N) is 2. The van der Waals surface area contributed by atoms with Crippen LogP contribution in [-0.2, 0) is 21.2 Å². The molecule has 0 bridgehead atoms. The Morgan fingerprint density at radius 2 is 1.90 bits per heavy atom. The maximum Gasteiger partial charge on any atom is 0.263 e. The molecule has 158 valence electrons. The molecule has 2 aliphatic heterocycles. The fourth-order valence-corrected chi connectivity index (χ4v) is 5.29. The Labute approximate surface area is 178 Å². The fraction of sp³-hybridized carbons (Fsp3) is 0.391. The molecule has 6 nitrogen and oxygen atoms in total. The van der Waals surface area contributed by atoms with E-state index in [1.165, 1.54) is 5.56 Å². The van der Waals surface area contributed by atoms with Crippen LogP contribution in [-0.4, -0.2) is 43.7 Å². The summed E-state index contributed by atoms with van der Waals surface area (Å²) in [6.45, 7) is 2.80. The van der Waals surface area contributed by atoms with E-state index in [2.05, 4.69) is 28.8 Å². The zero-order valence-electron chi connectivity index (χ0n) is 17.1. The smallest absolute Gasteiger partial charge is 0.263 e. The maximum atomic E-state index is 13.3. The van der Waals surface area contributed by atoms with Crippen molar-refractivity contribution in [2.75, 3.05) is 6.54 Å². The lowest BCUT2D eigenvalue weighted by molar-refractivity contribution is -0.140. The van der Waals surface area contributed by atoms with Crippen LogP contribution in [0.2, 0.25) is 0 Å². The number of unbranched alkanes of at least 4 members (excludes halogenated alkanes) is 1. The van der Waals surface area contributed by atoms with Crippen LogP contribution in [0.25, 0.3) is 0 Å². The molecule has 0 aromatic heterocycles. The Balaban J connectivity index is 1.56. The van der Waals surface area contributed by atoms with Crippen molar-refractivity contribution in [3.63, 3.8) is 0 Å². The molecule has 1 amide bonds.